The number of allylic oxidation sites excluding steroid dienone is 2. The molecule has 58 valence electrons. The number of hydrogen-bond donors (Lipinski definition) is 0. The Bertz CT molecular complexity index is 130. The van der Waals surface area contributed by atoms with Crippen LogP contribution in [0.1, 0.15) is 46.5 Å². The lowest BCUT2D eigenvalue weighted by atomic mass is 9.76. The molecule has 0 aromatic heterocycles. The van der Waals surface area contributed by atoms with Gasteiger partial charge in [-0.3, -0.25) is 0 Å². The van der Waals surface area contributed by atoms with Crippen LogP contribution in [0.5, 0.6) is 0 Å². The summed E-state index contributed by atoms with van der Waals surface area (Å²) in [4.78, 5) is 0. The molecule has 1 saturated carbocycles. The quantitative estimate of drug-likeness (QED) is 0.512. The molecular weight excluding hydrogens is 120 g/mol. The summed E-state index contributed by atoms with van der Waals surface area (Å²) in [6.45, 7) is 6.75. The fourth-order valence-electron chi connectivity index (χ4n) is 1.66. The first-order valence-corrected chi connectivity index (χ1v) is 4.39. The molecule has 1 fully saturated rings. The van der Waals surface area contributed by atoms with Gasteiger partial charge in [0.15, 0.2) is 0 Å². The number of rotatable bonds is 2. The van der Waals surface area contributed by atoms with Gasteiger partial charge >= 0.3 is 0 Å². The highest BCUT2D eigenvalue weighted by molar-refractivity contribution is 5.18. The Morgan fingerprint density at radius 3 is 2.40 bits per heavy atom. The molecule has 0 bridgehead atoms. The monoisotopic (exact) mass is 138 g/mol. The largest absolute Gasteiger partial charge is 0.0772 e. The molecule has 0 spiro atoms. The predicted octanol–water partition coefficient (Wildman–Crippen LogP) is 3.53. The van der Waals surface area contributed by atoms with Crippen molar-refractivity contribution >= 4 is 0 Å². The van der Waals surface area contributed by atoms with E-state index in [9.17, 15) is 0 Å². The van der Waals surface area contributed by atoms with Crippen molar-refractivity contribution in [1.82, 2.24) is 0 Å². The van der Waals surface area contributed by atoms with Gasteiger partial charge in [-0.1, -0.05) is 30.9 Å². The zero-order chi connectivity index (χ0) is 7.56. The molecule has 0 aliphatic heterocycles. The Balaban J connectivity index is 2.24. The van der Waals surface area contributed by atoms with Gasteiger partial charge in [-0.25, -0.2) is 0 Å². The van der Waals surface area contributed by atoms with Gasteiger partial charge in [-0.05, 0) is 32.6 Å². The highest BCUT2D eigenvalue weighted by atomic mass is 14.3. The average Bonchev–Trinajstić information content (AvgIpc) is 1.76. The molecule has 1 aliphatic carbocycles. The van der Waals surface area contributed by atoms with E-state index in [4.69, 9.17) is 0 Å². The van der Waals surface area contributed by atoms with Crippen LogP contribution in [-0.4, -0.2) is 0 Å². The molecule has 0 amide bonds. The van der Waals surface area contributed by atoms with Crippen LogP contribution in [-0.2, 0) is 0 Å². The van der Waals surface area contributed by atoms with Crippen LogP contribution in [0.25, 0.3) is 0 Å². The van der Waals surface area contributed by atoms with Crippen molar-refractivity contribution < 1.29 is 0 Å². The fourth-order valence-corrected chi connectivity index (χ4v) is 1.66. The van der Waals surface area contributed by atoms with Crippen molar-refractivity contribution in [2.24, 2.45) is 5.92 Å². The van der Waals surface area contributed by atoms with Gasteiger partial charge in [0.2, 0.25) is 0 Å². The molecule has 1 aliphatic rings. The third kappa shape index (κ3) is 1.62. The summed E-state index contributed by atoms with van der Waals surface area (Å²) in [7, 11) is 0. The lowest BCUT2D eigenvalue weighted by Gasteiger charge is -2.30. The first-order chi connectivity index (χ1) is 4.74. The van der Waals surface area contributed by atoms with Crippen molar-refractivity contribution in [1.29, 1.82) is 0 Å². The van der Waals surface area contributed by atoms with E-state index in [0.717, 1.165) is 5.92 Å². The second-order valence-corrected chi connectivity index (χ2v) is 3.67. The highest BCUT2D eigenvalue weighted by Gasteiger charge is 2.22. The highest BCUT2D eigenvalue weighted by Crippen LogP contribution is 2.37. The zero-order valence-corrected chi connectivity index (χ0v) is 7.41. The minimum absolute atomic E-state index is 1.04. The molecule has 0 heteroatoms. The molecule has 0 saturated heterocycles. The maximum Gasteiger partial charge on any atom is -0.0286 e. The Hall–Kier alpha value is -0.260. The Kier molecular flexibility index (Phi) is 2.53. The molecule has 0 radical (unpaired) electrons. The summed E-state index contributed by atoms with van der Waals surface area (Å²) in [6, 6.07) is 0. The summed E-state index contributed by atoms with van der Waals surface area (Å²) < 4.78 is 0. The van der Waals surface area contributed by atoms with E-state index in [0.29, 0.717) is 0 Å². The second-order valence-electron chi connectivity index (χ2n) is 3.67. The van der Waals surface area contributed by atoms with Crippen molar-refractivity contribution in [2.75, 3.05) is 0 Å². The lowest BCUT2D eigenvalue weighted by Crippen LogP contribution is -2.15. The maximum absolute atomic E-state index is 2.28. The fraction of sp³-hybridized carbons (Fsp3) is 0.800. The summed E-state index contributed by atoms with van der Waals surface area (Å²) in [6.07, 6.45) is 5.60. The first-order valence-electron chi connectivity index (χ1n) is 4.39. The topological polar surface area (TPSA) is 0 Å². The molecule has 0 unspecified atom stereocenters. The van der Waals surface area contributed by atoms with Gasteiger partial charge in [0.05, 0.1) is 0 Å². The smallest absolute Gasteiger partial charge is 0.0286 e. The van der Waals surface area contributed by atoms with Gasteiger partial charge in [0, 0.05) is 0 Å². The third-order valence-corrected chi connectivity index (χ3v) is 2.47. The van der Waals surface area contributed by atoms with Gasteiger partial charge in [-0.15, -0.1) is 0 Å². The van der Waals surface area contributed by atoms with E-state index >= 15 is 0 Å². The summed E-state index contributed by atoms with van der Waals surface area (Å²) in [5.74, 6) is 1.04. The Morgan fingerprint density at radius 1 is 1.40 bits per heavy atom. The van der Waals surface area contributed by atoms with Crippen LogP contribution >= 0.6 is 0 Å². The maximum atomic E-state index is 2.28. The molecule has 0 aromatic carbocycles. The third-order valence-electron chi connectivity index (χ3n) is 2.47. The minimum atomic E-state index is 1.04. The van der Waals surface area contributed by atoms with E-state index in [1.807, 2.05) is 0 Å². The van der Waals surface area contributed by atoms with Crippen molar-refractivity contribution in [3.8, 4) is 0 Å². The van der Waals surface area contributed by atoms with E-state index in [1.165, 1.54) is 25.7 Å². The van der Waals surface area contributed by atoms with E-state index < -0.39 is 0 Å². The summed E-state index contributed by atoms with van der Waals surface area (Å²) in [5, 5.41) is 0. The standard InChI is InChI=1S/C10H18/c1-4-5-9-6-10(7-9)8(2)3/h9H,4-7H2,1-3H3. The van der Waals surface area contributed by atoms with Crippen molar-refractivity contribution in [3.63, 3.8) is 0 Å². The average molecular weight is 138 g/mol. The van der Waals surface area contributed by atoms with E-state index in [-0.39, 0.29) is 0 Å². The van der Waals surface area contributed by atoms with Crippen LogP contribution < -0.4 is 0 Å². The predicted molar refractivity (Wildman–Crippen MR) is 46.0 cm³/mol. The zero-order valence-electron chi connectivity index (χ0n) is 7.41. The minimum Gasteiger partial charge on any atom is -0.0772 e. The second kappa shape index (κ2) is 3.23. The number of hydrogen-bond acceptors (Lipinski definition) is 0. The lowest BCUT2D eigenvalue weighted by molar-refractivity contribution is 0.381. The van der Waals surface area contributed by atoms with Gasteiger partial charge in [-0.2, -0.15) is 0 Å². The van der Waals surface area contributed by atoms with Gasteiger partial charge < -0.3 is 0 Å². The van der Waals surface area contributed by atoms with Crippen LogP contribution in [0.4, 0.5) is 0 Å². The SMILES string of the molecule is CCCC1CC(=C(C)C)C1. The van der Waals surface area contributed by atoms with E-state index in [1.54, 1.807) is 11.1 Å². The molecule has 0 aromatic rings. The first kappa shape index (κ1) is 7.84. The molecule has 0 nitrogen and oxygen atoms in total. The summed E-state index contributed by atoms with van der Waals surface area (Å²) in [5.41, 5.74) is 3.28. The molecule has 0 heterocycles. The molecule has 10 heavy (non-hydrogen) atoms. The normalized spacial score (nSPS) is 24.3. The Labute approximate surface area is 64.3 Å². The molecular formula is C10H18. The van der Waals surface area contributed by atoms with Crippen molar-refractivity contribution in [2.45, 2.75) is 46.5 Å². The van der Waals surface area contributed by atoms with Gasteiger partial charge in [0.25, 0.3) is 0 Å². The van der Waals surface area contributed by atoms with E-state index in [2.05, 4.69) is 20.8 Å². The van der Waals surface area contributed by atoms with Crippen LogP contribution in [0.2, 0.25) is 0 Å². The Morgan fingerprint density at radius 2 is 2.00 bits per heavy atom. The molecule has 1 rings (SSSR count). The summed E-state index contributed by atoms with van der Waals surface area (Å²) >= 11 is 0. The van der Waals surface area contributed by atoms with Gasteiger partial charge in [0.1, 0.15) is 0 Å². The van der Waals surface area contributed by atoms with Crippen LogP contribution in [0.3, 0.4) is 0 Å². The van der Waals surface area contributed by atoms with Crippen LogP contribution in [0.15, 0.2) is 11.1 Å². The van der Waals surface area contributed by atoms with Crippen molar-refractivity contribution in [3.05, 3.63) is 11.1 Å². The molecule has 0 N–H and O–H groups in total. The molecule has 0 atom stereocenters. The van der Waals surface area contributed by atoms with Crippen LogP contribution in [0, 0.1) is 5.92 Å².